The van der Waals surface area contributed by atoms with Crippen LogP contribution >= 0.6 is 0 Å². The summed E-state index contributed by atoms with van der Waals surface area (Å²) in [5.74, 6) is 0.609. The molecule has 2 aromatic heterocycles. The molecular formula is C15H22N4. The third kappa shape index (κ3) is 1.99. The van der Waals surface area contributed by atoms with E-state index in [4.69, 9.17) is 5.73 Å². The highest BCUT2D eigenvalue weighted by molar-refractivity contribution is 5.90. The zero-order chi connectivity index (χ0) is 13.4. The first-order valence-corrected chi connectivity index (χ1v) is 7.27. The summed E-state index contributed by atoms with van der Waals surface area (Å²) in [7, 11) is 0. The number of hydrogen-bond acceptors (Lipinski definition) is 3. The molecule has 0 radical (unpaired) electrons. The summed E-state index contributed by atoms with van der Waals surface area (Å²) < 4.78 is 2.41. The van der Waals surface area contributed by atoms with Crippen LogP contribution in [0.1, 0.15) is 55.8 Å². The Hall–Kier alpha value is -1.58. The molecule has 19 heavy (non-hydrogen) atoms. The number of nitrogens with two attached hydrogens (primary N) is 1. The van der Waals surface area contributed by atoms with Crippen molar-refractivity contribution in [1.29, 1.82) is 0 Å². The Morgan fingerprint density at radius 2 is 1.79 bits per heavy atom. The van der Waals surface area contributed by atoms with Crippen molar-refractivity contribution < 1.29 is 0 Å². The molecule has 2 heterocycles. The van der Waals surface area contributed by atoms with Crippen LogP contribution in [-0.2, 0) is 0 Å². The second-order valence-electron chi connectivity index (χ2n) is 5.68. The monoisotopic (exact) mass is 258 g/mol. The molecule has 4 heteroatoms. The standard InChI is InChI=1S/C15H22N4/c1-10-11(2)19(12-7-5-3-4-6-8-12)15-13(10)14(16)17-9-18-15/h9,12H,3-8H2,1-2H3,(H2,16,17,18). The van der Waals surface area contributed by atoms with Gasteiger partial charge in [-0.15, -0.1) is 0 Å². The third-order valence-electron chi connectivity index (χ3n) is 4.55. The van der Waals surface area contributed by atoms with Crippen molar-refractivity contribution in [3.05, 3.63) is 17.6 Å². The lowest BCUT2D eigenvalue weighted by atomic mass is 10.1. The fraction of sp³-hybridized carbons (Fsp3) is 0.600. The predicted molar refractivity (Wildman–Crippen MR) is 78.2 cm³/mol. The highest BCUT2D eigenvalue weighted by atomic mass is 15.1. The number of fused-ring (bicyclic) bond motifs is 1. The first kappa shape index (κ1) is 12.5. The Morgan fingerprint density at radius 1 is 1.11 bits per heavy atom. The smallest absolute Gasteiger partial charge is 0.146 e. The van der Waals surface area contributed by atoms with Crippen molar-refractivity contribution in [2.75, 3.05) is 5.73 Å². The van der Waals surface area contributed by atoms with Gasteiger partial charge in [-0.1, -0.05) is 25.7 Å². The summed E-state index contributed by atoms with van der Waals surface area (Å²) in [6.07, 6.45) is 9.48. The molecule has 0 aliphatic heterocycles. The van der Waals surface area contributed by atoms with E-state index < -0.39 is 0 Å². The van der Waals surface area contributed by atoms with Gasteiger partial charge in [-0.25, -0.2) is 9.97 Å². The summed E-state index contributed by atoms with van der Waals surface area (Å²) in [6, 6.07) is 0.577. The van der Waals surface area contributed by atoms with Crippen LogP contribution in [0, 0.1) is 13.8 Å². The predicted octanol–water partition coefficient (Wildman–Crippen LogP) is 3.53. The van der Waals surface area contributed by atoms with Gasteiger partial charge < -0.3 is 10.3 Å². The van der Waals surface area contributed by atoms with Crippen LogP contribution in [0.5, 0.6) is 0 Å². The van der Waals surface area contributed by atoms with Crippen molar-refractivity contribution in [1.82, 2.24) is 14.5 Å². The van der Waals surface area contributed by atoms with E-state index in [1.165, 1.54) is 49.8 Å². The molecule has 1 fully saturated rings. The quantitative estimate of drug-likeness (QED) is 0.796. The van der Waals surface area contributed by atoms with E-state index in [9.17, 15) is 0 Å². The van der Waals surface area contributed by atoms with Crippen LogP contribution in [0.25, 0.3) is 11.0 Å². The minimum absolute atomic E-state index is 0.577. The Labute approximate surface area is 114 Å². The topological polar surface area (TPSA) is 56.7 Å². The average Bonchev–Trinajstić information content (AvgIpc) is 2.61. The maximum atomic E-state index is 6.04. The second kappa shape index (κ2) is 4.83. The molecule has 3 rings (SSSR count). The molecule has 2 N–H and O–H groups in total. The number of aromatic nitrogens is 3. The zero-order valence-electron chi connectivity index (χ0n) is 11.8. The summed E-state index contributed by atoms with van der Waals surface area (Å²) in [5.41, 5.74) is 9.59. The lowest BCUT2D eigenvalue weighted by Crippen LogP contribution is -2.10. The van der Waals surface area contributed by atoms with Crippen LogP contribution in [0.15, 0.2) is 6.33 Å². The second-order valence-corrected chi connectivity index (χ2v) is 5.68. The van der Waals surface area contributed by atoms with Crippen molar-refractivity contribution in [3.63, 3.8) is 0 Å². The fourth-order valence-corrected chi connectivity index (χ4v) is 3.42. The van der Waals surface area contributed by atoms with Gasteiger partial charge in [0.1, 0.15) is 17.8 Å². The third-order valence-corrected chi connectivity index (χ3v) is 4.55. The summed E-state index contributed by atoms with van der Waals surface area (Å²) in [4.78, 5) is 8.64. The lowest BCUT2D eigenvalue weighted by molar-refractivity contribution is 0.446. The van der Waals surface area contributed by atoms with E-state index in [1.54, 1.807) is 6.33 Å². The van der Waals surface area contributed by atoms with Crippen LogP contribution in [0.4, 0.5) is 5.82 Å². The van der Waals surface area contributed by atoms with Gasteiger partial charge in [0, 0.05) is 11.7 Å². The number of rotatable bonds is 1. The van der Waals surface area contributed by atoms with Gasteiger partial charge in [0.25, 0.3) is 0 Å². The van der Waals surface area contributed by atoms with Gasteiger partial charge in [-0.2, -0.15) is 0 Å². The van der Waals surface area contributed by atoms with E-state index in [0.29, 0.717) is 11.9 Å². The molecule has 1 aliphatic carbocycles. The Bertz CT molecular complexity index is 592. The van der Waals surface area contributed by atoms with Gasteiger partial charge in [-0.3, -0.25) is 0 Å². The van der Waals surface area contributed by atoms with Crippen LogP contribution in [-0.4, -0.2) is 14.5 Å². The normalized spacial score (nSPS) is 17.8. The molecule has 1 aliphatic rings. The van der Waals surface area contributed by atoms with Gasteiger partial charge >= 0.3 is 0 Å². The molecule has 0 aromatic carbocycles. The molecule has 4 nitrogen and oxygen atoms in total. The fourth-order valence-electron chi connectivity index (χ4n) is 3.42. The molecule has 0 spiro atoms. The summed E-state index contributed by atoms with van der Waals surface area (Å²) in [5, 5.41) is 1.05. The van der Waals surface area contributed by atoms with Crippen LogP contribution < -0.4 is 5.73 Å². The molecule has 0 bridgehead atoms. The lowest BCUT2D eigenvalue weighted by Gasteiger charge is -2.19. The maximum Gasteiger partial charge on any atom is 0.146 e. The summed E-state index contributed by atoms with van der Waals surface area (Å²) in [6.45, 7) is 4.31. The molecular weight excluding hydrogens is 236 g/mol. The van der Waals surface area contributed by atoms with E-state index >= 15 is 0 Å². The van der Waals surface area contributed by atoms with Crippen LogP contribution in [0.2, 0.25) is 0 Å². The number of nitrogen functional groups attached to an aromatic ring is 1. The van der Waals surface area contributed by atoms with Gasteiger partial charge in [-0.05, 0) is 32.3 Å². The van der Waals surface area contributed by atoms with Crippen molar-refractivity contribution in [2.45, 2.75) is 58.4 Å². The average molecular weight is 258 g/mol. The molecule has 0 unspecified atom stereocenters. The first-order chi connectivity index (χ1) is 9.20. The van der Waals surface area contributed by atoms with Gasteiger partial charge in [0.2, 0.25) is 0 Å². The van der Waals surface area contributed by atoms with Crippen molar-refractivity contribution in [2.24, 2.45) is 0 Å². The number of anilines is 1. The Kier molecular flexibility index (Phi) is 3.17. The van der Waals surface area contributed by atoms with E-state index in [1.807, 2.05) is 0 Å². The Morgan fingerprint density at radius 3 is 2.47 bits per heavy atom. The van der Waals surface area contributed by atoms with Gasteiger partial charge in [0.15, 0.2) is 0 Å². The molecule has 0 saturated heterocycles. The minimum Gasteiger partial charge on any atom is -0.383 e. The molecule has 102 valence electrons. The molecule has 1 saturated carbocycles. The number of hydrogen-bond donors (Lipinski definition) is 1. The minimum atomic E-state index is 0.577. The molecule has 0 amide bonds. The Balaban J connectivity index is 2.17. The SMILES string of the molecule is Cc1c(C)n(C2CCCCCC2)c2ncnc(N)c12. The molecule has 2 aromatic rings. The summed E-state index contributed by atoms with van der Waals surface area (Å²) >= 11 is 0. The first-order valence-electron chi connectivity index (χ1n) is 7.27. The van der Waals surface area contributed by atoms with E-state index in [2.05, 4.69) is 28.4 Å². The molecule has 0 atom stereocenters. The highest BCUT2D eigenvalue weighted by Gasteiger charge is 2.22. The van der Waals surface area contributed by atoms with Crippen molar-refractivity contribution >= 4 is 16.9 Å². The van der Waals surface area contributed by atoms with Crippen LogP contribution in [0.3, 0.4) is 0 Å². The van der Waals surface area contributed by atoms with Crippen molar-refractivity contribution in [3.8, 4) is 0 Å². The zero-order valence-corrected chi connectivity index (χ0v) is 11.8. The van der Waals surface area contributed by atoms with E-state index in [0.717, 1.165) is 11.0 Å². The maximum absolute atomic E-state index is 6.04. The number of nitrogens with zero attached hydrogens (tertiary/aromatic N) is 3. The largest absolute Gasteiger partial charge is 0.383 e. The number of aryl methyl sites for hydroxylation is 1. The van der Waals surface area contributed by atoms with Gasteiger partial charge in [0.05, 0.1) is 5.39 Å². The highest BCUT2D eigenvalue weighted by Crippen LogP contribution is 2.35. The van der Waals surface area contributed by atoms with E-state index in [-0.39, 0.29) is 0 Å².